The number of aliphatic hydroxyl groups is 1. The van der Waals surface area contributed by atoms with E-state index < -0.39 is 54.1 Å². The van der Waals surface area contributed by atoms with Crippen LogP contribution in [-0.2, 0) is 31.6 Å². The van der Waals surface area contributed by atoms with E-state index >= 15 is 0 Å². The van der Waals surface area contributed by atoms with Gasteiger partial charge in [0.2, 0.25) is 0 Å². The molecular weight excluding hydrogens is 534 g/mol. The van der Waals surface area contributed by atoms with Crippen molar-refractivity contribution in [1.29, 1.82) is 0 Å². The van der Waals surface area contributed by atoms with Gasteiger partial charge in [0, 0.05) is 11.3 Å². The summed E-state index contributed by atoms with van der Waals surface area (Å²) in [5, 5.41) is 17.2. The molecule has 3 unspecified atom stereocenters. The van der Waals surface area contributed by atoms with Gasteiger partial charge in [-0.15, -0.1) is 5.10 Å². The first-order chi connectivity index (χ1) is 15.6. The van der Waals surface area contributed by atoms with E-state index in [1.54, 1.807) is 0 Å². The van der Waals surface area contributed by atoms with E-state index in [-0.39, 0.29) is 23.4 Å². The number of rotatable bonds is 9. The van der Waals surface area contributed by atoms with Crippen molar-refractivity contribution in [1.82, 2.24) is 14.6 Å². The summed E-state index contributed by atoms with van der Waals surface area (Å²) in [5.41, 5.74) is 12.4. The van der Waals surface area contributed by atoms with E-state index in [9.17, 15) is 33.0 Å². The first-order valence-electron chi connectivity index (χ1n) is 8.57. The lowest BCUT2D eigenvalue weighted by Gasteiger charge is -2.27. The highest BCUT2D eigenvalue weighted by Gasteiger charge is 2.51. The van der Waals surface area contributed by atoms with E-state index in [2.05, 4.69) is 33.3 Å². The first kappa shape index (κ1) is 26.6. The Bertz CT molecular complexity index is 1300. The number of hydrogen-bond donors (Lipinski definition) is 6. The fourth-order valence-electron chi connectivity index (χ4n) is 3.00. The molecule has 2 aromatic rings. The summed E-state index contributed by atoms with van der Waals surface area (Å²) in [6.45, 7) is -1.26. The maximum absolute atomic E-state index is 13.6. The van der Waals surface area contributed by atoms with Crippen LogP contribution in [0.1, 0.15) is 18.2 Å². The van der Waals surface area contributed by atoms with Crippen LogP contribution < -0.4 is 5.73 Å². The van der Waals surface area contributed by atoms with Crippen LogP contribution in [0.4, 0.5) is 10.2 Å². The second kappa shape index (κ2) is 9.22. The molecule has 1 fully saturated rings. The lowest BCUT2D eigenvalue weighted by molar-refractivity contribution is -0.106. The molecule has 0 aromatic carbocycles. The van der Waals surface area contributed by atoms with Crippen LogP contribution in [-0.4, -0.2) is 57.7 Å². The smallest absolute Gasteiger partial charge is 0.390 e. The van der Waals surface area contributed by atoms with Crippen LogP contribution in [0.25, 0.3) is 16.0 Å². The van der Waals surface area contributed by atoms with E-state index in [0.717, 1.165) is 4.52 Å². The van der Waals surface area contributed by atoms with Gasteiger partial charge in [0.1, 0.15) is 11.6 Å². The van der Waals surface area contributed by atoms with Gasteiger partial charge in [-0.1, -0.05) is 5.11 Å². The lowest BCUT2D eigenvalue weighted by Crippen LogP contribution is -2.41. The number of nitrogens with zero attached hydrogens (tertiary/aromatic N) is 6. The molecule has 5 atom stereocenters. The third kappa shape index (κ3) is 5.97. The molecule has 7 N–H and O–H groups in total. The number of phosphoric ester groups is 1. The molecule has 0 radical (unpaired) electrons. The average Bonchev–Trinajstić information content (AvgIpc) is 3.19. The highest BCUT2D eigenvalue weighted by molar-refractivity contribution is 7.66. The first-order valence-corrected chi connectivity index (χ1v) is 13.1. The van der Waals surface area contributed by atoms with Crippen molar-refractivity contribution in [2.75, 3.05) is 12.3 Å². The summed E-state index contributed by atoms with van der Waals surface area (Å²) in [6, 6.07) is 2.78. The number of azide groups is 1. The summed E-state index contributed by atoms with van der Waals surface area (Å²) < 4.78 is 65.8. The Balaban J connectivity index is 1.83. The Morgan fingerprint density at radius 1 is 1.29 bits per heavy atom. The molecule has 1 aliphatic rings. The van der Waals surface area contributed by atoms with E-state index in [1.165, 1.54) is 12.1 Å². The maximum atomic E-state index is 13.6. The molecule has 23 heteroatoms. The molecule has 3 rings (SSSR count). The molecule has 1 saturated heterocycles. The normalized spacial score (nSPS) is 26.6. The summed E-state index contributed by atoms with van der Waals surface area (Å²) in [5.74, 6) is -0.216. The highest BCUT2D eigenvalue weighted by atomic mass is 31.3. The molecule has 3 heterocycles. The van der Waals surface area contributed by atoms with Crippen molar-refractivity contribution >= 4 is 34.8 Å². The molecule has 0 aliphatic carbocycles. The fourth-order valence-corrected chi connectivity index (χ4v) is 6.04. The molecular formula is C11H15FN7O12P3. The predicted octanol–water partition coefficient (Wildman–Crippen LogP) is 0.623. The zero-order chi connectivity index (χ0) is 25.5. The van der Waals surface area contributed by atoms with Gasteiger partial charge < -0.3 is 35.2 Å². The minimum atomic E-state index is -5.81. The Morgan fingerprint density at radius 2 is 1.97 bits per heavy atom. The zero-order valence-corrected chi connectivity index (χ0v) is 19.0. The molecule has 0 spiro atoms. The fraction of sp³-hybridized carbons (Fsp3) is 0.455. The number of aliphatic hydroxyl groups excluding tert-OH is 1. The lowest BCUT2D eigenvalue weighted by atomic mass is 10.1. The summed E-state index contributed by atoms with van der Waals surface area (Å²) in [4.78, 5) is 41.7. The Kier molecular flexibility index (Phi) is 7.21. The molecule has 0 bridgehead atoms. The third-order valence-corrected chi connectivity index (χ3v) is 8.02. The number of anilines is 1. The molecule has 19 nitrogen and oxygen atoms in total. The Labute approximate surface area is 186 Å². The number of hydrogen-bond acceptors (Lipinski definition) is 12. The van der Waals surface area contributed by atoms with Crippen molar-refractivity contribution in [2.24, 2.45) is 5.11 Å². The molecule has 0 saturated carbocycles. The quantitative estimate of drug-likeness (QED) is 0.108. The van der Waals surface area contributed by atoms with Gasteiger partial charge in [0.15, 0.2) is 11.5 Å². The van der Waals surface area contributed by atoms with Crippen LogP contribution in [0, 0.1) is 6.08 Å². The van der Waals surface area contributed by atoms with Gasteiger partial charge in [0.25, 0.3) is 0 Å². The van der Waals surface area contributed by atoms with Gasteiger partial charge in [-0.3, -0.25) is 4.52 Å². The molecule has 1 aliphatic heterocycles. The van der Waals surface area contributed by atoms with Gasteiger partial charge >= 0.3 is 29.5 Å². The average molecular weight is 549 g/mol. The summed E-state index contributed by atoms with van der Waals surface area (Å²) >= 11 is 0. The number of aromatic nitrogens is 3. The topological polar surface area (TPSA) is 294 Å². The minimum Gasteiger partial charge on any atom is -0.390 e. The van der Waals surface area contributed by atoms with E-state index in [1.807, 2.05) is 0 Å². The zero-order valence-electron chi connectivity index (χ0n) is 16.3. The van der Waals surface area contributed by atoms with Gasteiger partial charge in [-0.05, 0) is 17.7 Å². The second-order valence-electron chi connectivity index (χ2n) is 6.58. The second-order valence-corrected chi connectivity index (χ2v) is 11.0. The monoisotopic (exact) mass is 549 g/mol. The van der Waals surface area contributed by atoms with Crippen LogP contribution >= 0.6 is 23.5 Å². The van der Waals surface area contributed by atoms with E-state index in [4.69, 9.17) is 25.8 Å². The number of phosphoric acid groups is 3. The molecule has 34 heavy (non-hydrogen) atoms. The van der Waals surface area contributed by atoms with Crippen molar-refractivity contribution in [2.45, 2.75) is 24.4 Å². The van der Waals surface area contributed by atoms with Gasteiger partial charge in [-0.2, -0.15) is 18.0 Å². The third-order valence-electron chi connectivity index (χ3n) is 4.24. The van der Waals surface area contributed by atoms with Crippen molar-refractivity contribution in [3.63, 3.8) is 0 Å². The number of fused-ring (bicyclic) bond motifs is 1. The summed E-state index contributed by atoms with van der Waals surface area (Å²) in [6.07, 6.45) is -4.40. The predicted molar refractivity (Wildman–Crippen MR) is 104 cm³/mol. The van der Waals surface area contributed by atoms with Crippen molar-refractivity contribution < 1.29 is 60.6 Å². The van der Waals surface area contributed by atoms with Crippen LogP contribution in [0.2, 0.25) is 0 Å². The summed E-state index contributed by atoms with van der Waals surface area (Å²) in [7, 11) is -17.1. The SMILES string of the molecule is [N-]=[N+]=NC1(COP(=O)(O)OP(=O)(O)OP(=O)(O)O)O[C@@H](c2ccc3c(N)nc(F)nn23)C[C@@H]1O. The molecule has 188 valence electrons. The Morgan fingerprint density at radius 3 is 2.59 bits per heavy atom. The Hall–Kier alpha value is -2.01. The molecule has 0 amide bonds. The van der Waals surface area contributed by atoms with Crippen LogP contribution in [0.3, 0.4) is 0 Å². The maximum Gasteiger partial charge on any atom is 0.490 e. The van der Waals surface area contributed by atoms with Gasteiger partial charge in [0.05, 0.1) is 18.4 Å². The standard InChI is InChI=1S/C11H15FN7O12P3/c12-10-15-9(13)6-2-1-5(19(6)16-10)7-3-8(20)11(29-7,17-18-14)4-28-33(24,25)31-34(26,27)30-32(21,22)23/h1-2,7-8,20H,3-4H2,(H,24,25)(H,26,27)(H2,13,15,16)(H2,21,22,23)/t7-,8+,11?/m1/s1. The largest absolute Gasteiger partial charge is 0.490 e. The number of nitrogen functional groups attached to an aromatic ring is 1. The molecule has 2 aromatic heterocycles. The van der Waals surface area contributed by atoms with Crippen molar-refractivity contribution in [3.05, 3.63) is 34.3 Å². The minimum absolute atomic E-state index is 0.107. The van der Waals surface area contributed by atoms with Gasteiger partial charge in [-0.25, -0.2) is 18.2 Å². The number of nitrogens with two attached hydrogens (primary N) is 1. The van der Waals surface area contributed by atoms with E-state index in [0.29, 0.717) is 0 Å². The number of halogens is 1. The number of ether oxygens (including phenoxy) is 1. The van der Waals surface area contributed by atoms with Crippen LogP contribution in [0.5, 0.6) is 0 Å². The van der Waals surface area contributed by atoms with Crippen molar-refractivity contribution in [3.8, 4) is 0 Å². The highest BCUT2D eigenvalue weighted by Crippen LogP contribution is 2.66. The van der Waals surface area contributed by atoms with Crippen LogP contribution in [0.15, 0.2) is 17.2 Å².